The van der Waals surface area contributed by atoms with Crippen molar-refractivity contribution in [2.45, 2.75) is 18.3 Å². The number of nitrogens with one attached hydrogen (secondary N) is 1. The number of nitrogens with zero attached hydrogens (tertiary/aromatic N) is 3. The molecule has 20 aromatic carbocycles. The Morgan fingerprint density at radius 3 is 0.945 bits per heavy atom. The van der Waals surface area contributed by atoms with E-state index in [4.69, 9.17) is 0 Å². The van der Waals surface area contributed by atoms with Gasteiger partial charge in [-0.2, -0.15) is 0 Å². The molecule has 4 nitrogen and oxygen atoms in total. The van der Waals surface area contributed by atoms with Crippen LogP contribution in [0.5, 0.6) is 0 Å². The molecule has 0 unspecified atom stereocenters. The van der Waals surface area contributed by atoms with Gasteiger partial charge >= 0.3 is 0 Å². The molecule has 0 aliphatic heterocycles. The summed E-state index contributed by atoms with van der Waals surface area (Å²) < 4.78 is 6.03. The number of para-hydroxylation sites is 7. The maximum absolute atomic E-state index is 3.76. The van der Waals surface area contributed by atoms with Crippen molar-refractivity contribution >= 4 is 88.0 Å². The molecule has 0 atom stereocenters. The van der Waals surface area contributed by atoms with Crippen LogP contribution in [0.1, 0.15) is 51.9 Å². The second kappa shape index (κ2) is 34.3. The fourth-order valence-electron chi connectivity index (χ4n) is 20.1. The van der Waals surface area contributed by atoms with Crippen molar-refractivity contribution < 1.29 is 0 Å². The van der Waals surface area contributed by atoms with Crippen LogP contribution >= 0.6 is 15.9 Å². The highest BCUT2D eigenvalue weighted by Gasteiger charge is 2.48. The first kappa shape index (κ1) is 79.3. The minimum absolute atomic E-state index is 0. The standard InChI is InChI=1S/C61H42N2.C49H32BrN.C12H11N.CH4/c1-5-22-46(23-6-1)61(47-24-7-2-8-25-47)56-33-16-13-31-52(56)55-42-50(37-39-57(55)61)63-59-35-18-15-32-53(59)54-38-36-44(41-60(54)63)43-20-19-21-45(40-43)51-30-14-17-34-58(51)62(48-26-9-3-10-27-48)49-28-11-4-12-29-49;50-46-24-11-8-20-39(46)35-15-13-14-33(30-35)34-26-28-42-41-22-9-12-25-47(41)51(48(42)31-34)38-27-29-45-43(32-38)40-21-7-10-23-44(40)49(45,36-16-3-1-4-17-36)37-18-5-2-6-19-37;1-3-7-11(8-4-1)13-12-9-5-2-6-10-12;/h1-42H;1-32H;1-10,13H;1H4. The average Bonchev–Trinajstić information content (AvgIpc) is 1.53. The van der Waals surface area contributed by atoms with Crippen LogP contribution in [0.15, 0.2) is 514 Å². The maximum Gasteiger partial charge on any atom is 0.0713 e. The molecule has 0 fully saturated rings. The summed E-state index contributed by atoms with van der Waals surface area (Å²) in [7, 11) is 0. The quantitative estimate of drug-likeness (QED) is 0.111. The molecule has 0 bridgehead atoms. The van der Waals surface area contributed by atoms with E-state index in [1.807, 2.05) is 60.7 Å². The van der Waals surface area contributed by atoms with Crippen molar-refractivity contribution in [1.29, 1.82) is 0 Å². The molecule has 2 heterocycles. The summed E-state index contributed by atoms with van der Waals surface area (Å²) in [4.78, 5) is 2.35. The minimum Gasteiger partial charge on any atom is -0.356 e. The molecule has 0 saturated heterocycles. The van der Waals surface area contributed by atoms with Crippen LogP contribution in [-0.2, 0) is 10.8 Å². The van der Waals surface area contributed by atoms with Crippen molar-refractivity contribution in [2.75, 3.05) is 10.2 Å². The van der Waals surface area contributed by atoms with E-state index >= 15 is 0 Å². The van der Waals surface area contributed by atoms with Gasteiger partial charge in [-0.1, -0.05) is 412 Å². The largest absolute Gasteiger partial charge is 0.356 e. The fourth-order valence-corrected chi connectivity index (χ4v) is 20.7. The Morgan fingerprint density at radius 2 is 0.523 bits per heavy atom. The maximum atomic E-state index is 3.76. The van der Waals surface area contributed by atoms with E-state index in [-0.39, 0.29) is 7.43 Å². The van der Waals surface area contributed by atoms with Gasteiger partial charge in [0.2, 0.25) is 0 Å². The van der Waals surface area contributed by atoms with Gasteiger partial charge in [-0.05, 0) is 227 Å². The van der Waals surface area contributed by atoms with Crippen LogP contribution in [0.25, 0.3) is 122 Å². The number of anilines is 5. The summed E-state index contributed by atoms with van der Waals surface area (Å²) in [5.41, 5.74) is 36.7. The lowest BCUT2D eigenvalue weighted by molar-refractivity contribution is 0.768. The van der Waals surface area contributed by atoms with Gasteiger partial charge in [0, 0.05) is 65.7 Å². The molecule has 2 aromatic heterocycles. The van der Waals surface area contributed by atoms with Crippen LogP contribution in [0.4, 0.5) is 28.4 Å². The monoisotopic (exact) mass is 1700 g/mol. The predicted molar refractivity (Wildman–Crippen MR) is 543 cm³/mol. The van der Waals surface area contributed by atoms with Crippen LogP contribution in [0.3, 0.4) is 0 Å². The Hall–Kier alpha value is -15.9. The molecule has 128 heavy (non-hydrogen) atoms. The lowest BCUT2D eigenvalue weighted by atomic mass is 9.68. The van der Waals surface area contributed by atoms with Crippen molar-refractivity contribution in [3.05, 3.63) is 559 Å². The van der Waals surface area contributed by atoms with Gasteiger partial charge in [0.15, 0.2) is 0 Å². The zero-order chi connectivity index (χ0) is 84.6. The topological polar surface area (TPSA) is 25.1 Å². The zero-order valence-electron chi connectivity index (χ0n) is 69.7. The van der Waals surface area contributed by atoms with Crippen molar-refractivity contribution in [1.82, 2.24) is 9.13 Å². The minimum atomic E-state index is -0.441. The molecule has 1 N–H and O–H groups in total. The summed E-state index contributed by atoms with van der Waals surface area (Å²) >= 11 is 3.76. The summed E-state index contributed by atoms with van der Waals surface area (Å²) in [5, 5.41) is 8.29. The Labute approximate surface area is 756 Å². The summed E-state index contributed by atoms with van der Waals surface area (Å²) in [6, 6.07) is 185. The number of hydrogen-bond acceptors (Lipinski definition) is 2. The third-order valence-corrected chi connectivity index (χ3v) is 26.3. The van der Waals surface area contributed by atoms with E-state index in [0.717, 1.165) is 44.3 Å². The fraction of sp³-hybridized carbons (Fsp3) is 0.0244. The molecule has 0 spiro atoms. The average molecular weight is 1700 g/mol. The lowest BCUT2D eigenvalue weighted by Gasteiger charge is -2.33. The number of fused-ring (bicyclic) bond motifs is 12. The summed E-state index contributed by atoms with van der Waals surface area (Å²) in [5.74, 6) is 0. The molecular formula is C123H89BrN4. The molecule has 22 aromatic rings. The Bertz CT molecular complexity index is 7630. The molecule has 24 rings (SSSR count). The van der Waals surface area contributed by atoms with Gasteiger partial charge in [-0.3, -0.25) is 0 Å². The van der Waals surface area contributed by atoms with Gasteiger partial charge in [-0.25, -0.2) is 0 Å². The second-order valence-electron chi connectivity index (χ2n) is 32.7. The van der Waals surface area contributed by atoms with E-state index in [1.165, 1.54) is 155 Å². The van der Waals surface area contributed by atoms with Crippen LogP contribution in [0.2, 0.25) is 0 Å². The van der Waals surface area contributed by atoms with E-state index in [1.54, 1.807) is 0 Å². The molecule has 2 aliphatic rings. The lowest BCUT2D eigenvalue weighted by Crippen LogP contribution is -2.28. The highest BCUT2D eigenvalue weighted by atomic mass is 79.9. The van der Waals surface area contributed by atoms with Crippen molar-refractivity contribution in [3.63, 3.8) is 0 Å². The molecule has 608 valence electrons. The summed E-state index contributed by atoms with van der Waals surface area (Å²) in [6.07, 6.45) is 0. The molecule has 0 saturated carbocycles. The smallest absolute Gasteiger partial charge is 0.0713 e. The Morgan fingerprint density at radius 1 is 0.211 bits per heavy atom. The van der Waals surface area contributed by atoms with Gasteiger partial charge in [-0.15, -0.1) is 0 Å². The first-order valence-corrected chi connectivity index (χ1v) is 44.3. The van der Waals surface area contributed by atoms with Gasteiger partial charge in [0.05, 0.1) is 38.6 Å². The van der Waals surface area contributed by atoms with Crippen LogP contribution in [0, 0.1) is 0 Å². The van der Waals surface area contributed by atoms with Crippen molar-refractivity contribution in [2.24, 2.45) is 0 Å². The van der Waals surface area contributed by atoms with Gasteiger partial charge in [0.25, 0.3) is 0 Å². The predicted octanol–water partition coefficient (Wildman–Crippen LogP) is 33.3. The molecule has 5 heteroatoms. The number of aromatic nitrogens is 2. The molecule has 2 aliphatic carbocycles. The number of rotatable bonds is 15. The van der Waals surface area contributed by atoms with E-state index in [0.29, 0.717) is 0 Å². The SMILES string of the molecule is Brc1ccccc1-c1cccc(-c2ccc3c4ccccc4n(-c4ccc5c(c4)-c4ccccc4C5(c4ccccc4)c4ccccc4)c3c2)c1.C.c1ccc(N(c2ccccc2)c2ccccc2-c2cccc(-c3ccc4c5ccccc5n(-c5ccc6c(c5)-c5ccccc5C6(c5ccccc5)c5ccccc5)c4c3)c2)cc1.c1ccc(Nc2ccccc2)cc1. The summed E-state index contributed by atoms with van der Waals surface area (Å²) in [6.45, 7) is 0. The molecule has 0 amide bonds. The zero-order valence-corrected chi connectivity index (χ0v) is 71.3. The molecular weight excluding hydrogens is 1610 g/mol. The van der Waals surface area contributed by atoms with Gasteiger partial charge < -0.3 is 19.4 Å². The first-order valence-electron chi connectivity index (χ1n) is 43.5. The molecule has 0 radical (unpaired) electrons. The van der Waals surface area contributed by atoms with E-state index < -0.39 is 10.8 Å². The van der Waals surface area contributed by atoms with Crippen LogP contribution < -0.4 is 10.2 Å². The third kappa shape index (κ3) is 14.0. The highest BCUT2D eigenvalue weighted by Crippen LogP contribution is 2.59. The highest BCUT2D eigenvalue weighted by molar-refractivity contribution is 9.10. The Kier molecular flexibility index (Phi) is 21.2. The number of halogens is 1. The Balaban J connectivity index is 0.000000137. The first-order chi connectivity index (χ1) is 62.9. The number of benzene rings is 20. The normalized spacial score (nSPS) is 12.3. The second-order valence-corrected chi connectivity index (χ2v) is 33.6. The van der Waals surface area contributed by atoms with E-state index in [2.05, 4.69) is 484 Å². The van der Waals surface area contributed by atoms with Crippen LogP contribution in [-0.4, -0.2) is 9.13 Å². The third-order valence-electron chi connectivity index (χ3n) is 25.6. The number of hydrogen-bond donors (Lipinski definition) is 1. The van der Waals surface area contributed by atoms with Crippen molar-refractivity contribution in [3.8, 4) is 78.1 Å². The van der Waals surface area contributed by atoms with Gasteiger partial charge in [0.1, 0.15) is 0 Å². The van der Waals surface area contributed by atoms with E-state index in [9.17, 15) is 0 Å².